The second kappa shape index (κ2) is 4.34. The van der Waals surface area contributed by atoms with E-state index in [0.717, 1.165) is 28.5 Å². The summed E-state index contributed by atoms with van der Waals surface area (Å²) >= 11 is 1.12. The van der Waals surface area contributed by atoms with E-state index in [4.69, 9.17) is 0 Å². The standard InChI is InChI=1S/C13H11N3OS/c1-9(17)18-13-14-11-5-4-10(8-12(11)15-13)16-6-2-3-7-16/h2-8H,1H3,(H,14,15). The van der Waals surface area contributed by atoms with E-state index in [-0.39, 0.29) is 5.12 Å². The smallest absolute Gasteiger partial charge is 0.193 e. The number of aromatic amines is 1. The minimum Gasteiger partial charge on any atom is -0.332 e. The van der Waals surface area contributed by atoms with Gasteiger partial charge in [-0.15, -0.1) is 0 Å². The summed E-state index contributed by atoms with van der Waals surface area (Å²) in [6.45, 7) is 1.53. The van der Waals surface area contributed by atoms with Gasteiger partial charge in [-0.1, -0.05) is 0 Å². The van der Waals surface area contributed by atoms with Crippen LogP contribution < -0.4 is 0 Å². The molecule has 1 aromatic carbocycles. The summed E-state index contributed by atoms with van der Waals surface area (Å²) in [4.78, 5) is 18.5. The molecule has 0 bridgehead atoms. The van der Waals surface area contributed by atoms with Gasteiger partial charge in [-0.25, -0.2) is 4.98 Å². The molecule has 18 heavy (non-hydrogen) atoms. The molecule has 0 radical (unpaired) electrons. The largest absolute Gasteiger partial charge is 0.332 e. The molecule has 0 saturated carbocycles. The van der Waals surface area contributed by atoms with Gasteiger partial charge in [-0.2, -0.15) is 0 Å². The van der Waals surface area contributed by atoms with Gasteiger partial charge in [0.2, 0.25) is 0 Å². The minimum atomic E-state index is 0.0275. The highest BCUT2D eigenvalue weighted by atomic mass is 32.2. The summed E-state index contributed by atoms with van der Waals surface area (Å²) in [6, 6.07) is 9.94. The zero-order chi connectivity index (χ0) is 12.5. The summed E-state index contributed by atoms with van der Waals surface area (Å²) in [5, 5.41) is 0.668. The Morgan fingerprint density at radius 2 is 2.11 bits per heavy atom. The van der Waals surface area contributed by atoms with Crippen LogP contribution in [0.3, 0.4) is 0 Å². The van der Waals surface area contributed by atoms with E-state index in [0.29, 0.717) is 5.16 Å². The van der Waals surface area contributed by atoms with Crippen LogP contribution in [0.15, 0.2) is 47.9 Å². The number of carbonyl (C=O) groups excluding carboxylic acids is 1. The summed E-state index contributed by atoms with van der Waals surface area (Å²) in [5.41, 5.74) is 2.87. The van der Waals surface area contributed by atoms with Crippen molar-refractivity contribution in [3.05, 3.63) is 42.7 Å². The zero-order valence-corrected chi connectivity index (χ0v) is 10.6. The first-order chi connectivity index (χ1) is 8.72. The Balaban J connectivity index is 2.04. The topological polar surface area (TPSA) is 50.7 Å². The number of benzene rings is 1. The van der Waals surface area contributed by atoms with E-state index in [9.17, 15) is 4.79 Å². The lowest BCUT2D eigenvalue weighted by Gasteiger charge is -2.01. The number of rotatable bonds is 2. The summed E-state index contributed by atoms with van der Waals surface area (Å²) in [5.74, 6) is 0. The van der Waals surface area contributed by atoms with Crippen molar-refractivity contribution in [2.24, 2.45) is 0 Å². The van der Waals surface area contributed by atoms with Crippen LogP contribution >= 0.6 is 11.8 Å². The maximum atomic E-state index is 11.0. The van der Waals surface area contributed by atoms with Crippen LogP contribution in [0.4, 0.5) is 0 Å². The molecule has 0 fully saturated rings. The third-order valence-corrected chi connectivity index (χ3v) is 3.26. The molecule has 4 nitrogen and oxygen atoms in total. The zero-order valence-electron chi connectivity index (χ0n) is 9.75. The number of nitrogens with one attached hydrogen (secondary N) is 1. The van der Waals surface area contributed by atoms with E-state index in [1.807, 2.05) is 47.3 Å². The molecule has 0 amide bonds. The number of imidazole rings is 1. The second-order valence-electron chi connectivity index (χ2n) is 3.93. The van der Waals surface area contributed by atoms with Crippen molar-refractivity contribution in [1.29, 1.82) is 0 Å². The van der Waals surface area contributed by atoms with Crippen molar-refractivity contribution < 1.29 is 4.79 Å². The minimum absolute atomic E-state index is 0.0275. The van der Waals surface area contributed by atoms with Gasteiger partial charge in [-0.3, -0.25) is 4.79 Å². The molecule has 90 valence electrons. The van der Waals surface area contributed by atoms with Crippen LogP contribution in [0, 0.1) is 0 Å². The van der Waals surface area contributed by atoms with Gasteiger partial charge in [-0.05, 0) is 42.1 Å². The van der Waals surface area contributed by atoms with E-state index >= 15 is 0 Å². The maximum absolute atomic E-state index is 11.0. The van der Waals surface area contributed by atoms with Crippen molar-refractivity contribution in [1.82, 2.24) is 14.5 Å². The number of nitrogens with zero attached hydrogens (tertiary/aromatic N) is 2. The van der Waals surface area contributed by atoms with Crippen LogP contribution in [0.2, 0.25) is 0 Å². The molecule has 0 unspecified atom stereocenters. The average Bonchev–Trinajstić information content (AvgIpc) is 2.94. The van der Waals surface area contributed by atoms with Gasteiger partial charge in [0, 0.05) is 25.0 Å². The van der Waals surface area contributed by atoms with E-state index in [2.05, 4.69) is 9.97 Å². The first-order valence-electron chi connectivity index (χ1n) is 5.54. The van der Waals surface area contributed by atoms with Gasteiger partial charge >= 0.3 is 0 Å². The molecular formula is C13H11N3OS. The van der Waals surface area contributed by atoms with Gasteiger partial charge in [0.1, 0.15) is 0 Å². The number of fused-ring (bicyclic) bond motifs is 1. The molecule has 3 rings (SSSR count). The highest BCUT2D eigenvalue weighted by Gasteiger charge is 2.06. The number of H-pyrrole nitrogens is 1. The maximum Gasteiger partial charge on any atom is 0.193 e. The Morgan fingerprint density at radius 1 is 1.33 bits per heavy atom. The molecule has 0 aliphatic rings. The molecule has 0 aliphatic carbocycles. The number of thioether (sulfide) groups is 1. The molecule has 1 N–H and O–H groups in total. The molecule has 0 atom stereocenters. The fourth-order valence-electron chi connectivity index (χ4n) is 1.83. The summed E-state index contributed by atoms with van der Waals surface area (Å²) < 4.78 is 2.03. The SMILES string of the molecule is CC(=O)Sc1nc2ccc(-n3cccc3)cc2[nH]1. The van der Waals surface area contributed by atoms with Crippen molar-refractivity contribution >= 4 is 27.9 Å². The van der Waals surface area contributed by atoms with Crippen LogP contribution in [0.5, 0.6) is 0 Å². The highest BCUT2D eigenvalue weighted by Crippen LogP contribution is 2.22. The lowest BCUT2D eigenvalue weighted by atomic mass is 10.3. The first kappa shape index (κ1) is 11.1. The van der Waals surface area contributed by atoms with Crippen LogP contribution in [0.1, 0.15) is 6.92 Å². The van der Waals surface area contributed by atoms with Crippen molar-refractivity contribution in [3.8, 4) is 5.69 Å². The number of hydrogen-bond donors (Lipinski definition) is 1. The third kappa shape index (κ3) is 2.04. The van der Waals surface area contributed by atoms with Crippen LogP contribution in [-0.4, -0.2) is 19.7 Å². The molecule has 5 heteroatoms. The molecular weight excluding hydrogens is 246 g/mol. The molecule has 2 aromatic heterocycles. The second-order valence-corrected chi connectivity index (χ2v) is 5.09. The Hall–Kier alpha value is -2.01. The summed E-state index contributed by atoms with van der Waals surface area (Å²) in [6.07, 6.45) is 3.98. The predicted octanol–water partition coefficient (Wildman–Crippen LogP) is 2.99. The quantitative estimate of drug-likeness (QED) is 0.718. The van der Waals surface area contributed by atoms with E-state index in [1.54, 1.807) is 0 Å². The monoisotopic (exact) mass is 257 g/mol. The molecule has 0 spiro atoms. The molecule has 2 heterocycles. The Morgan fingerprint density at radius 3 is 2.83 bits per heavy atom. The fraction of sp³-hybridized carbons (Fsp3) is 0.0769. The fourth-order valence-corrected chi connectivity index (χ4v) is 2.40. The van der Waals surface area contributed by atoms with Crippen LogP contribution in [0.25, 0.3) is 16.7 Å². The van der Waals surface area contributed by atoms with E-state index < -0.39 is 0 Å². The number of carbonyl (C=O) groups is 1. The van der Waals surface area contributed by atoms with Gasteiger partial charge in [0.05, 0.1) is 11.0 Å². The van der Waals surface area contributed by atoms with Gasteiger partial charge in [0.15, 0.2) is 10.3 Å². The predicted molar refractivity (Wildman–Crippen MR) is 72.0 cm³/mol. The normalized spacial score (nSPS) is 10.9. The Bertz CT molecular complexity index is 700. The molecule has 0 aliphatic heterocycles. The Kier molecular flexibility index (Phi) is 2.68. The van der Waals surface area contributed by atoms with Crippen molar-refractivity contribution in [2.45, 2.75) is 12.1 Å². The van der Waals surface area contributed by atoms with Gasteiger partial charge < -0.3 is 9.55 Å². The third-order valence-electron chi connectivity index (χ3n) is 2.59. The number of hydrogen-bond acceptors (Lipinski definition) is 3. The lowest BCUT2D eigenvalue weighted by molar-refractivity contribution is -0.109. The highest BCUT2D eigenvalue weighted by molar-refractivity contribution is 8.13. The van der Waals surface area contributed by atoms with Crippen molar-refractivity contribution in [2.75, 3.05) is 0 Å². The van der Waals surface area contributed by atoms with Crippen LogP contribution in [-0.2, 0) is 4.79 Å². The van der Waals surface area contributed by atoms with Gasteiger partial charge in [0.25, 0.3) is 0 Å². The first-order valence-corrected chi connectivity index (χ1v) is 6.35. The van der Waals surface area contributed by atoms with E-state index in [1.165, 1.54) is 6.92 Å². The number of aromatic nitrogens is 3. The molecule has 0 saturated heterocycles. The Labute approximate surface area is 108 Å². The molecule has 3 aromatic rings. The van der Waals surface area contributed by atoms with Crippen molar-refractivity contribution in [3.63, 3.8) is 0 Å². The average molecular weight is 257 g/mol. The lowest BCUT2D eigenvalue weighted by Crippen LogP contribution is -1.88. The summed E-state index contributed by atoms with van der Waals surface area (Å²) in [7, 11) is 0.